The molecule has 0 bridgehead atoms. The van der Waals surface area contributed by atoms with E-state index in [9.17, 15) is 29.1 Å². The lowest BCUT2D eigenvalue weighted by Gasteiger charge is -2.27. The molecule has 0 saturated heterocycles. The summed E-state index contributed by atoms with van der Waals surface area (Å²) in [5.74, 6) is -4.35. The number of carbonyl (C=O) groups is 5. The van der Waals surface area contributed by atoms with Crippen molar-refractivity contribution in [1.29, 1.82) is 0 Å². The van der Waals surface area contributed by atoms with Crippen LogP contribution in [-0.4, -0.2) is 58.9 Å². The van der Waals surface area contributed by atoms with E-state index in [1.807, 2.05) is 33.8 Å². The SMILES string of the molecule is CCC(C)C(N)C(=O)NC(Cc1ccccc1)C(=O)NC(CC(C)C)C(=O)NC(CC(N)=O)C(=O)O. The number of hydrogen-bond acceptors (Lipinski definition) is 6. The summed E-state index contributed by atoms with van der Waals surface area (Å²) in [7, 11) is 0. The Labute approximate surface area is 211 Å². The van der Waals surface area contributed by atoms with Crippen LogP contribution >= 0.6 is 0 Å². The molecule has 1 aromatic rings. The van der Waals surface area contributed by atoms with Gasteiger partial charge in [-0.2, -0.15) is 0 Å². The number of primary amides is 1. The van der Waals surface area contributed by atoms with Gasteiger partial charge >= 0.3 is 5.97 Å². The van der Waals surface area contributed by atoms with Gasteiger partial charge in [0.1, 0.15) is 18.1 Å². The maximum atomic E-state index is 13.3. The largest absolute Gasteiger partial charge is 0.480 e. The van der Waals surface area contributed by atoms with Gasteiger partial charge in [-0.25, -0.2) is 4.79 Å². The van der Waals surface area contributed by atoms with Gasteiger partial charge in [0.2, 0.25) is 23.6 Å². The van der Waals surface area contributed by atoms with Crippen molar-refractivity contribution in [3.63, 3.8) is 0 Å². The van der Waals surface area contributed by atoms with E-state index < -0.39 is 60.2 Å². The topological polar surface area (TPSA) is 194 Å². The number of carbonyl (C=O) groups excluding carboxylic acids is 4. The van der Waals surface area contributed by atoms with Crippen molar-refractivity contribution in [2.24, 2.45) is 23.3 Å². The van der Waals surface area contributed by atoms with Gasteiger partial charge in [-0.05, 0) is 23.8 Å². The van der Waals surface area contributed by atoms with Crippen LogP contribution in [0.2, 0.25) is 0 Å². The van der Waals surface area contributed by atoms with Crippen LogP contribution in [-0.2, 0) is 30.4 Å². The number of amides is 4. The highest BCUT2D eigenvalue weighted by molar-refractivity contribution is 5.95. The number of nitrogens with two attached hydrogens (primary N) is 2. The first-order chi connectivity index (χ1) is 16.8. The van der Waals surface area contributed by atoms with Crippen molar-refractivity contribution in [2.75, 3.05) is 0 Å². The van der Waals surface area contributed by atoms with E-state index in [0.717, 1.165) is 5.56 Å². The van der Waals surface area contributed by atoms with Crippen molar-refractivity contribution >= 4 is 29.6 Å². The molecule has 0 fully saturated rings. The van der Waals surface area contributed by atoms with Crippen LogP contribution in [0.4, 0.5) is 0 Å². The average molecular weight is 506 g/mol. The molecule has 5 atom stereocenters. The van der Waals surface area contributed by atoms with E-state index in [1.54, 1.807) is 24.3 Å². The second kappa shape index (κ2) is 14.8. The number of hydrogen-bond donors (Lipinski definition) is 6. The zero-order chi connectivity index (χ0) is 27.4. The Morgan fingerprint density at radius 1 is 0.861 bits per heavy atom. The number of rotatable bonds is 15. The van der Waals surface area contributed by atoms with Gasteiger partial charge in [0.25, 0.3) is 0 Å². The second-order valence-corrected chi connectivity index (χ2v) is 9.42. The Balaban J connectivity index is 3.13. The number of benzene rings is 1. The maximum Gasteiger partial charge on any atom is 0.326 e. The van der Waals surface area contributed by atoms with Crippen LogP contribution in [0.5, 0.6) is 0 Å². The molecule has 0 saturated carbocycles. The summed E-state index contributed by atoms with van der Waals surface area (Å²) in [5.41, 5.74) is 11.9. The fourth-order valence-electron chi connectivity index (χ4n) is 3.49. The molecule has 0 aliphatic heterocycles. The van der Waals surface area contributed by atoms with Gasteiger partial charge in [0, 0.05) is 6.42 Å². The lowest BCUT2D eigenvalue weighted by molar-refractivity contribution is -0.144. The monoisotopic (exact) mass is 505 g/mol. The zero-order valence-electron chi connectivity index (χ0n) is 21.3. The minimum absolute atomic E-state index is 0.0403. The smallest absolute Gasteiger partial charge is 0.326 e. The second-order valence-electron chi connectivity index (χ2n) is 9.42. The molecular formula is C25H39N5O6. The summed E-state index contributed by atoms with van der Waals surface area (Å²) in [6.45, 7) is 7.41. The van der Waals surface area contributed by atoms with Crippen LogP contribution in [0.25, 0.3) is 0 Å². The first-order valence-corrected chi connectivity index (χ1v) is 12.1. The van der Waals surface area contributed by atoms with Crippen LogP contribution in [0.3, 0.4) is 0 Å². The van der Waals surface area contributed by atoms with Gasteiger partial charge in [-0.1, -0.05) is 64.4 Å². The number of carboxylic acid groups (broad SMARTS) is 1. The molecular weight excluding hydrogens is 466 g/mol. The van der Waals surface area contributed by atoms with Gasteiger partial charge in [-0.15, -0.1) is 0 Å². The molecule has 8 N–H and O–H groups in total. The third-order valence-electron chi connectivity index (χ3n) is 5.84. The lowest BCUT2D eigenvalue weighted by atomic mass is 9.97. The standard InChI is InChI=1S/C25H39N5O6/c1-5-15(4)21(27)24(34)29-18(12-16-9-7-6-8-10-16)23(33)28-17(11-14(2)3)22(32)30-19(25(35)36)13-20(26)31/h6-10,14-15,17-19,21H,5,11-13,27H2,1-4H3,(H2,26,31)(H,28,33)(H,29,34)(H,30,32)(H,35,36). The third-order valence-corrected chi connectivity index (χ3v) is 5.84. The molecule has 1 rings (SSSR count). The molecule has 0 heterocycles. The van der Waals surface area contributed by atoms with Crippen molar-refractivity contribution in [2.45, 2.75) is 77.5 Å². The van der Waals surface area contributed by atoms with Crippen LogP contribution < -0.4 is 27.4 Å². The Kier molecular flexibility index (Phi) is 12.6. The van der Waals surface area contributed by atoms with Gasteiger partial charge in [0.05, 0.1) is 12.5 Å². The quantitative estimate of drug-likeness (QED) is 0.194. The molecule has 0 aromatic heterocycles. The zero-order valence-corrected chi connectivity index (χ0v) is 21.3. The van der Waals surface area contributed by atoms with E-state index in [2.05, 4.69) is 16.0 Å². The summed E-state index contributed by atoms with van der Waals surface area (Å²) < 4.78 is 0. The minimum Gasteiger partial charge on any atom is -0.480 e. The molecule has 0 aliphatic carbocycles. The van der Waals surface area contributed by atoms with E-state index in [4.69, 9.17) is 11.5 Å². The first kappa shape index (κ1) is 30.6. The molecule has 0 radical (unpaired) electrons. The summed E-state index contributed by atoms with van der Waals surface area (Å²) in [6, 6.07) is 4.55. The molecule has 11 heteroatoms. The molecule has 1 aromatic carbocycles. The Morgan fingerprint density at radius 2 is 1.39 bits per heavy atom. The van der Waals surface area contributed by atoms with Gasteiger partial charge < -0.3 is 32.5 Å². The summed E-state index contributed by atoms with van der Waals surface area (Å²) in [6.07, 6.45) is 0.431. The number of nitrogens with one attached hydrogen (secondary N) is 3. The van der Waals surface area contributed by atoms with E-state index in [-0.39, 0.29) is 24.7 Å². The molecule has 0 spiro atoms. The lowest BCUT2D eigenvalue weighted by Crippen LogP contribution is -2.58. The Morgan fingerprint density at radius 3 is 1.89 bits per heavy atom. The molecule has 200 valence electrons. The Hall–Kier alpha value is -3.47. The molecule has 0 aliphatic rings. The first-order valence-electron chi connectivity index (χ1n) is 12.1. The molecule has 5 unspecified atom stereocenters. The fraction of sp³-hybridized carbons (Fsp3) is 0.560. The van der Waals surface area contributed by atoms with Crippen molar-refractivity contribution in [3.05, 3.63) is 35.9 Å². The summed E-state index contributed by atoms with van der Waals surface area (Å²) in [5, 5.41) is 16.9. The summed E-state index contributed by atoms with van der Waals surface area (Å²) in [4.78, 5) is 61.6. The minimum atomic E-state index is -1.53. The van der Waals surface area contributed by atoms with E-state index in [0.29, 0.717) is 6.42 Å². The predicted octanol–water partition coefficient (Wildman–Crippen LogP) is 0.0630. The van der Waals surface area contributed by atoms with Crippen molar-refractivity contribution in [3.8, 4) is 0 Å². The molecule has 36 heavy (non-hydrogen) atoms. The predicted molar refractivity (Wildman–Crippen MR) is 134 cm³/mol. The highest BCUT2D eigenvalue weighted by Crippen LogP contribution is 2.10. The molecule has 11 nitrogen and oxygen atoms in total. The van der Waals surface area contributed by atoms with Gasteiger partial charge in [0.15, 0.2) is 0 Å². The van der Waals surface area contributed by atoms with Crippen molar-refractivity contribution < 1.29 is 29.1 Å². The highest BCUT2D eigenvalue weighted by atomic mass is 16.4. The van der Waals surface area contributed by atoms with Crippen LogP contribution in [0.1, 0.15) is 52.5 Å². The van der Waals surface area contributed by atoms with Gasteiger partial charge in [-0.3, -0.25) is 19.2 Å². The third kappa shape index (κ3) is 10.4. The highest BCUT2D eigenvalue weighted by Gasteiger charge is 2.32. The Bertz CT molecular complexity index is 907. The van der Waals surface area contributed by atoms with Crippen LogP contribution in [0.15, 0.2) is 30.3 Å². The molecule has 4 amide bonds. The summed E-state index contributed by atoms with van der Waals surface area (Å²) >= 11 is 0. The average Bonchev–Trinajstić information content (AvgIpc) is 2.81. The van der Waals surface area contributed by atoms with E-state index >= 15 is 0 Å². The van der Waals surface area contributed by atoms with Crippen LogP contribution in [0, 0.1) is 11.8 Å². The normalized spacial score (nSPS) is 15.2. The van der Waals surface area contributed by atoms with Crippen molar-refractivity contribution in [1.82, 2.24) is 16.0 Å². The van der Waals surface area contributed by atoms with E-state index in [1.165, 1.54) is 0 Å². The fourth-order valence-corrected chi connectivity index (χ4v) is 3.49. The maximum absolute atomic E-state index is 13.3. The number of carboxylic acids is 1. The number of aliphatic carboxylic acids is 1.